The number of rotatable bonds is 6. The highest BCUT2D eigenvalue weighted by Gasteiger charge is 2.47. The van der Waals surface area contributed by atoms with E-state index in [4.69, 9.17) is 23.5 Å². The lowest BCUT2D eigenvalue weighted by molar-refractivity contribution is -0.186. The number of thioether (sulfide) groups is 1. The first-order chi connectivity index (χ1) is 15.6. The molecule has 11 heteroatoms. The highest BCUT2D eigenvalue weighted by molar-refractivity contribution is 7.99. The lowest BCUT2D eigenvalue weighted by Crippen LogP contribution is -2.55. The van der Waals surface area contributed by atoms with Gasteiger partial charge in [-0.2, -0.15) is 0 Å². The molecule has 4 atom stereocenters. The van der Waals surface area contributed by atoms with Crippen molar-refractivity contribution in [2.24, 2.45) is 0 Å². The topological polar surface area (TPSA) is 114 Å². The normalized spacial score (nSPS) is 22.4. The van der Waals surface area contributed by atoms with Crippen LogP contribution in [0.1, 0.15) is 32.2 Å². The minimum atomic E-state index is -1.14. The lowest BCUT2D eigenvalue weighted by atomic mass is 10.0. The molecular weight excluding hydrogens is 457 g/mol. The molecule has 0 radical (unpaired) electrons. The zero-order valence-corrected chi connectivity index (χ0v) is 19.6. The van der Waals surface area contributed by atoms with Gasteiger partial charge in [0.25, 0.3) is 0 Å². The number of halogens is 1. The smallest absolute Gasteiger partial charge is 0.303 e. The van der Waals surface area contributed by atoms with E-state index < -0.39 is 47.5 Å². The number of nitrogens with zero attached hydrogens (tertiary/aromatic N) is 1. The number of hydrogen-bond donors (Lipinski definition) is 0. The summed E-state index contributed by atoms with van der Waals surface area (Å²) in [6, 6.07) is 4.40. The van der Waals surface area contributed by atoms with E-state index in [2.05, 4.69) is 5.16 Å². The summed E-state index contributed by atoms with van der Waals surface area (Å²) in [6.45, 7) is 7.07. The molecule has 3 rings (SSSR count). The summed E-state index contributed by atoms with van der Waals surface area (Å²) in [5.41, 5.74) is 0.949. The van der Waals surface area contributed by atoms with Crippen molar-refractivity contribution in [3.8, 4) is 16.9 Å². The molecule has 178 valence electrons. The lowest BCUT2D eigenvalue weighted by Gasteiger charge is -2.39. The summed E-state index contributed by atoms with van der Waals surface area (Å²) >= 11 is 1.14. The monoisotopic (exact) mass is 481 g/mol. The molecule has 1 aromatic heterocycles. The van der Waals surface area contributed by atoms with Crippen molar-refractivity contribution in [1.82, 2.24) is 5.16 Å². The molecule has 1 aliphatic rings. The Balaban J connectivity index is 1.88. The van der Waals surface area contributed by atoms with Crippen molar-refractivity contribution in [3.63, 3.8) is 0 Å². The fraction of sp³-hybridized carbons (Fsp3) is 0.455. The molecule has 0 spiro atoms. The van der Waals surface area contributed by atoms with Gasteiger partial charge >= 0.3 is 17.9 Å². The number of aromatic nitrogens is 1. The van der Waals surface area contributed by atoms with E-state index in [1.807, 2.05) is 0 Å². The molecular formula is C22H24FNO8S. The number of benzene rings is 1. The van der Waals surface area contributed by atoms with Gasteiger partial charge in [-0.05, 0) is 31.5 Å². The third-order valence-electron chi connectivity index (χ3n) is 4.80. The molecule has 1 aromatic carbocycles. The quantitative estimate of drug-likeness (QED) is 0.449. The maximum absolute atomic E-state index is 15.0. The zero-order chi connectivity index (χ0) is 24.3. The van der Waals surface area contributed by atoms with Crippen LogP contribution in [0, 0.1) is 19.7 Å². The maximum atomic E-state index is 15.0. The van der Waals surface area contributed by atoms with Crippen molar-refractivity contribution in [3.05, 3.63) is 35.5 Å². The van der Waals surface area contributed by atoms with Gasteiger partial charge in [-0.25, -0.2) is 4.39 Å². The maximum Gasteiger partial charge on any atom is 0.303 e. The summed E-state index contributed by atoms with van der Waals surface area (Å²) in [4.78, 5) is 34.9. The third kappa shape index (κ3) is 5.84. The van der Waals surface area contributed by atoms with Gasteiger partial charge < -0.3 is 23.5 Å². The Labute approximate surface area is 193 Å². The van der Waals surface area contributed by atoms with Crippen LogP contribution in [0.15, 0.2) is 22.7 Å². The highest BCUT2D eigenvalue weighted by Crippen LogP contribution is 2.36. The van der Waals surface area contributed by atoms with Crippen LogP contribution in [0.2, 0.25) is 0 Å². The summed E-state index contributed by atoms with van der Waals surface area (Å²) < 4.78 is 41.9. The molecule has 0 aliphatic carbocycles. The number of esters is 3. The van der Waals surface area contributed by atoms with Gasteiger partial charge in [0.2, 0.25) is 0 Å². The fourth-order valence-electron chi connectivity index (χ4n) is 3.58. The van der Waals surface area contributed by atoms with Crippen molar-refractivity contribution >= 4 is 29.7 Å². The SMILES string of the molecule is CC(=O)O[C@@H]1[C@@H](OC(C)=O)[C@@H](Oc2ccc(-c3c(C)noc3C)cc2F)SC[C@H]1OC(C)=O. The molecule has 2 aromatic rings. The van der Waals surface area contributed by atoms with Gasteiger partial charge in [-0.3, -0.25) is 14.4 Å². The van der Waals surface area contributed by atoms with E-state index in [9.17, 15) is 18.8 Å². The van der Waals surface area contributed by atoms with E-state index in [1.54, 1.807) is 19.9 Å². The van der Waals surface area contributed by atoms with Gasteiger partial charge in [-0.15, -0.1) is 11.8 Å². The summed E-state index contributed by atoms with van der Waals surface area (Å²) in [5.74, 6) is -1.91. The van der Waals surface area contributed by atoms with Crippen molar-refractivity contribution < 1.29 is 42.2 Å². The summed E-state index contributed by atoms with van der Waals surface area (Å²) in [6.07, 6.45) is -3.13. The van der Waals surface area contributed by atoms with Gasteiger partial charge in [0.05, 0.1) is 5.69 Å². The first kappa shape index (κ1) is 24.6. The fourth-order valence-corrected chi connectivity index (χ4v) is 4.79. The van der Waals surface area contributed by atoms with Crippen LogP contribution in [0.3, 0.4) is 0 Å². The predicted molar refractivity (Wildman–Crippen MR) is 115 cm³/mol. The molecule has 1 saturated heterocycles. The van der Waals surface area contributed by atoms with Crippen LogP contribution in [0.25, 0.3) is 11.1 Å². The minimum absolute atomic E-state index is 0.0901. The van der Waals surface area contributed by atoms with Crippen LogP contribution in [0.4, 0.5) is 4.39 Å². The number of aryl methyl sites for hydroxylation is 2. The number of carbonyl (C=O) groups excluding carboxylic acids is 3. The highest BCUT2D eigenvalue weighted by atomic mass is 32.2. The second kappa shape index (κ2) is 10.2. The van der Waals surface area contributed by atoms with Crippen molar-refractivity contribution in [2.45, 2.75) is 58.4 Å². The van der Waals surface area contributed by atoms with Crippen LogP contribution >= 0.6 is 11.8 Å². The number of hydrogen-bond acceptors (Lipinski definition) is 10. The van der Waals surface area contributed by atoms with Gasteiger partial charge in [0.15, 0.2) is 35.3 Å². The minimum Gasteiger partial charge on any atom is -0.473 e. The average Bonchev–Trinajstić information content (AvgIpc) is 3.04. The van der Waals surface area contributed by atoms with Crippen LogP contribution in [-0.2, 0) is 28.6 Å². The van der Waals surface area contributed by atoms with Crippen molar-refractivity contribution in [1.29, 1.82) is 0 Å². The Kier molecular flexibility index (Phi) is 7.62. The van der Waals surface area contributed by atoms with Gasteiger partial charge in [-0.1, -0.05) is 11.2 Å². The first-order valence-electron chi connectivity index (χ1n) is 10.1. The van der Waals surface area contributed by atoms with Crippen LogP contribution < -0.4 is 4.74 Å². The molecule has 9 nitrogen and oxygen atoms in total. The Morgan fingerprint density at radius 2 is 1.67 bits per heavy atom. The van der Waals surface area contributed by atoms with Gasteiger partial charge in [0, 0.05) is 32.1 Å². The second-order valence-corrected chi connectivity index (χ2v) is 8.59. The van der Waals surface area contributed by atoms with E-state index in [0.717, 1.165) is 11.8 Å². The standard InChI is InChI=1S/C22H24FNO8S/c1-10-19(11(2)32-24-10)15-6-7-17(16(23)8-15)31-22-21(30-14(5)27)20(29-13(4)26)18(9-33-22)28-12(3)25/h6-8,18,20-22H,9H2,1-5H3/t18-,20+,21-,22+/m1/s1. The first-order valence-corrected chi connectivity index (χ1v) is 11.1. The van der Waals surface area contributed by atoms with Gasteiger partial charge in [0.1, 0.15) is 5.76 Å². The summed E-state index contributed by atoms with van der Waals surface area (Å²) in [5, 5.41) is 3.88. The molecule has 0 saturated carbocycles. The predicted octanol–water partition coefficient (Wildman–Crippen LogP) is 3.34. The van der Waals surface area contributed by atoms with E-state index >= 15 is 0 Å². The number of carbonyl (C=O) groups is 3. The van der Waals surface area contributed by atoms with Crippen LogP contribution in [-0.4, -0.2) is 52.6 Å². The van der Waals surface area contributed by atoms with Crippen LogP contribution in [0.5, 0.6) is 5.75 Å². The Morgan fingerprint density at radius 1 is 1.03 bits per heavy atom. The van der Waals surface area contributed by atoms with E-state index in [1.165, 1.54) is 32.9 Å². The zero-order valence-electron chi connectivity index (χ0n) is 18.7. The molecule has 0 N–H and O–H groups in total. The second-order valence-electron chi connectivity index (χ2n) is 7.46. The molecule has 1 aliphatic heterocycles. The summed E-state index contributed by atoms with van der Waals surface area (Å²) in [7, 11) is 0. The average molecular weight is 481 g/mol. The Morgan fingerprint density at radius 3 is 2.21 bits per heavy atom. The molecule has 1 fully saturated rings. The Bertz CT molecular complexity index is 1040. The molecule has 33 heavy (non-hydrogen) atoms. The largest absolute Gasteiger partial charge is 0.473 e. The molecule has 0 unspecified atom stereocenters. The van der Waals surface area contributed by atoms with E-state index in [-0.39, 0.29) is 11.5 Å². The third-order valence-corrected chi connectivity index (χ3v) is 6.02. The molecule has 2 heterocycles. The number of ether oxygens (including phenoxy) is 4. The Hall–Kier alpha value is -3.08. The molecule has 0 amide bonds. The molecule has 0 bridgehead atoms. The van der Waals surface area contributed by atoms with Crippen molar-refractivity contribution in [2.75, 3.05) is 5.75 Å². The van der Waals surface area contributed by atoms with E-state index in [0.29, 0.717) is 22.6 Å².